The normalized spacial score (nSPS) is 16.7. The van der Waals surface area contributed by atoms with Gasteiger partial charge >= 0.3 is 0 Å². The number of thioether (sulfide) groups is 1. The van der Waals surface area contributed by atoms with Crippen LogP contribution in [0.1, 0.15) is 17.3 Å². The topological polar surface area (TPSA) is 63.9 Å². The van der Waals surface area contributed by atoms with Crippen molar-refractivity contribution >= 4 is 23.4 Å². The van der Waals surface area contributed by atoms with Gasteiger partial charge in [-0.05, 0) is 24.3 Å². The molecule has 0 aliphatic carbocycles. The molecule has 0 N–H and O–H groups in total. The van der Waals surface area contributed by atoms with Crippen molar-refractivity contribution in [1.82, 2.24) is 19.7 Å². The molecular weight excluding hydrogens is 322 g/mol. The lowest BCUT2D eigenvalue weighted by molar-refractivity contribution is 0.0986. The van der Waals surface area contributed by atoms with Crippen molar-refractivity contribution in [2.75, 3.05) is 11.4 Å². The van der Waals surface area contributed by atoms with Crippen molar-refractivity contribution in [3.05, 3.63) is 60.8 Å². The Balaban J connectivity index is 1.71. The van der Waals surface area contributed by atoms with E-state index in [-0.39, 0.29) is 5.91 Å². The molecule has 0 saturated carbocycles. The van der Waals surface area contributed by atoms with E-state index in [0.717, 1.165) is 10.6 Å². The molecule has 0 fully saturated rings. The summed E-state index contributed by atoms with van der Waals surface area (Å²) >= 11 is 1.80. The number of carbonyl (C=O) groups is 1. The van der Waals surface area contributed by atoms with Crippen LogP contribution in [-0.2, 0) is 0 Å². The Morgan fingerprint density at radius 1 is 1.29 bits per heavy atom. The Bertz CT molecular complexity index is 880. The van der Waals surface area contributed by atoms with E-state index in [9.17, 15) is 4.79 Å². The van der Waals surface area contributed by atoms with Crippen molar-refractivity contribution in [2.45, 2.75) is 17.1 Å². The van der Waals surface area contributed by atoms with Crippen LogP contribution in [0.5, 0.6) is 0 Å². The molecule has 3 aromatic rings. The molecule has 0 spiro atoms. The second kappa shape index (κ2) is 6.09. The minimum atomic E-state index is -0.0293. The van der Waals surface area contributed by atoms with Crippen LogP contribution in [0.4, 0.5) is 5.69 Å². The summed E-state index contributed by atoms with van der Waals surface area (Å²) in [5.74, 6) is 0.546. The summed E-state index contributed by atoms with van der Waals surface area (Å²) in [6.07, 6.45) is 4.62. The molecule has 0 radical (unpaired) electrons. The highest BCUT2D eigenvalue weighted by Gasteiger charge is 2.27. The first-order chi connectivity index (χ1) is 11.7. The lowest BCUT2D eigenvalue weighted by atomic mass is 10.2. The molecule has 24 heavy (non-hydrogen) atoms. The highest BCUT2D eigenvalue weighted by Crippen LogP contribution is 2.38. The second-order valence-electron chi connectivity index (χ2n) is 5.55. The van der Waals surface area contributed by atoms with Crippen LogP contribution in [0, 0.1) is 0 Å². The van der Waals surface area contributed by atoms with Crippen molar-refractivity contribution < 1.29 is 4.79 Å². The third-order valence-corrected chi connectivity index (χ3v) is 4.97. The van der Waals surface area contributed by atoms with Gasteiger partial charge in [-0.2, -0.15) is 5.10 Å². The predicted octanol–water partition coefficient (Wildman–Crippen LogP) is 2.80. The Morgan fingerprint density at radius 3 is 3.00 bits per heavy atom. The summed E-state index contributed by atoms with van der Waals surface area (Å²) in [7, 11) is 0. The SMILES string of the molecule is C[C@@H]1CN(C(=O)c2ccnc(-n3cncn3)c2)c2ccccc2S1. The van der Waals surface area contributed by atoms with Gasteiger partial charge in [0, 0.05) is 28.5 Å². The van der Waals surface area contributed by atoms with Gasteiger partial charge in [0.15, 0.2) is 5.82 Å². The third kappa shape index (κ3) is 2.67. The quantitative estimate of drug-likeness (QED) is 0.719. The van der Waals surface area contributed by atoms with E-state index in [1.165, 1.54) is 6.33 Å². The van der Waals surface area contributed by atoms with E-state index >= 15 is 0 Å². The Hall–Kier alpha value is -2.67. The first kappa shape index (κ1) is 14.9. The number of hydrogen-bond donors (Lipinski definition) is 0. The van der Waals surface area contributed by atoms with E-state index in [4.69, 9.17) is 0 Å². The van der Waals surface area contributed by atoms with Crippen molar-refractivity contribution in [3.8, 4) is 5.82 Å². The number of anilines is 1. The number of amides is 1. The van der Waals surface area contributed by atoms with Crippen molar-refractivity contribution in [3.63, 3.8) is 0 Å². The molecular formula is C17H15N5OS. The molecule has 0 bridgehead atoms. The summed E-state index contributed by atoms with van der Waals surface area (Å²) in [6, 6.07) is 11.5. The van der Waals surface area contributed by atoms with Crippen LogP contribution in [0.25, 0.3) is 5.82 Å². The van der Waals surface area contributed by atoms with Gasteiger partial charge in [-0.1, -0.05) is 19.1 Å². The van der Waals surface area contributed by atoms with E-state index in [2.05, 4.69) is 28.1 Å². The first-order valence-corrected chi connectivity index (χ1v) is 8.49. The van der Waals surface area contributed by atoms with Crippen LogP contribution in [0.15, 0.2) is 60.1 Å². The van der Waals surface area contributed by atoms with E-state index in [0.29, 0.717) is 23.2 Å². The van der Waals surface area contributed by atoms with Gasteiger partial charge in [0.25, 0.3) is 5.91 Å². The Kier molecular flexibility index (Phi) is 3.78. The number of nitrogens with zero attached hydrogens (tertiary/aromatic N) is 5. The summed E-state index contributed by atoms with van der Waals surface area (Å²) in [4.78, 5) is 24.2. The standard InChI is InChI=1S/C17H15N5OS/c1-12-9-21(14-4-2-3-5-15(14)24-12)17(23)13-6-7-19-16(8-13)22-11-18-10-20-22/h2-8,10-12H,9H2,1H3/t12-/m1/s1. The van der Waals surface area contributed by atoms with Gasteiger partial charge in [-0.15, -0.1) is 11.8 Å². The maximum absolute atomic E-state index is 13.1. The zero-order valence-corrected chi connectivity index (χ0v) is 13.8. The zero-order valence-electron chi connectivity index (χ0n) is 13.0. The molecule has 1 amide bonds. The monoisotopic (exact) mass is 337 g/mol. The summed E-state index contributed by atoms with van der Waals surface area (Å²) < 4.78 is 1.54. The molecule has 1 aliphatic heterocycles. The number of rotatable bonds is 2. The molecule has 1 aliphatic rings. The van der Waals surface area contributed by atoms with Crippen molar-refractivity contribution in [1.29, 1.82) is 0 Å². The van der Waals surface area contributed by atoms with Gasteiger partial charge in [-0.3, -0.25) is 4.79 Å². The average Bonchev–Trinajstić information content (AvgIpc) is 3.15. The fraction of sp³-hybridized carbons (Fsp3) is 0.176. The van der Waals surface area contributed by atoms with Crippen LogP contribution in [0.3, 0.4) is 0 Å². The highest BCUT2D eigenvalue weighted by atomic mass is 32.2. The molecule has 120 valence electrons. The molecule has 2 aromatic heterocycles. The molecule has 7 heteroatoms. The molecule has 0 saturated heterocycles. The van der Waals surface area contributed by atoms with Gasteiger partial charge in [-0.25, -0.2) is 14.6 Å². The average molecular weight is 337 g/mol. The van der Waals surface area contributed by atoms with Crippen LogP contribution in [-0.4, -0.2) is 37.5 Å². The number of benzene rings is 1. The minimum Gasteiger partial charge on any atom is -0.306 e. The lowest BCUT2D eigenvalue weighted by Gasteiger charge is -2.32. The van der Waals surface area contributed by atoms with Gasteiger partial charge in [0.05, 0.1) is 5.69 Å². The van der Waals surface area contributed by atoms with E-state index < -0.39 is 0 Å². The van der Waals surface area contributed by atoms with E-state index in [1.807, 2.05) is 23.1 Å². The van der Waals surface area contributed by atoms with Crippen molar-refractivity contribution in [2.24, 2.45) is 0 Å². The van der Waals surface area contributed by atoms with Gasteiger partial charge in [0.2, 0.25) is 0 Å². The number of fused-ring (bicyclic) bond motifs is 1. The molecule has 1 atom stereocenters. The first-order valence-electron chi connectivity index (χ1n) is 7.61. The molecule has 6 nitrogen and oxygen atoms in total. The maximum atomic E-state index is 13.1. The molecule has 0 unspecified atom stereocenters. The van der Waals surface area contributed by atoms with Gasteiger partial charge in [0.1, 0.15) is 12.7 Å². The predicted molar refractivity (Wildman–Crippen MR) is 92.6 cm³/mol. The number of pyridine rings is 1. The highest BCUT2D eigenvalue weighted by molar-refractivity contribution is 8.00. The number of hydrogen-bond acceptors (Lipinski definition) is 5. The smallest absolute Gasteiger partial charge is 0.258 e. The van der Waals surface area contributed by atoms with Gasteiger partial charge < -0.3 is 4.90 Å². The molecule has 4 rings (SSSR count). The Labute approximate surface area is 143 Å². The maximum Gasteiger partial charge on any atom is 0.258 e. The largest absolute Gasteiger partial charge is 0.306 e. The Morgan fingerprint density at radius 2 is 2.17 bits per heavy atom. The number of aromatic nitrogens is 4. The summed E-state index contributed by atoms with van der Waals surface area (Å²) in [6.45, 7) is 2.82. The second-order valence-corrected chi connectivity index (χ2v) is 7.03. The van der Waals surface area contributed by atoms with Crippen LogP contribution < -0.4 is 4.90 Å². The summed E-state index contributed by atoms with van der Waals surface area (Å²) in [5.41, 5.74) is 1.55. The lowest BCUT2D eigenvalue weighted by Crippen LogP contribution is -2.38. The number of carbonyl (C=O) groups excluding carboxylic acids is 1. The fourth-order valence-corrected chi connectivity index (χ4v) is 3.85. The van der Waals surface area contributed by atoms with E-state index in [1.54, 1.807) is 41.1 Å². The van der Waals surface area contributed by atoms with Crippen LogP contribution in [0.2, 0.25) is 0 Å². The number of para-hydroxylation sites is 1. The molecule has 1 aromatic carbocycles. The third-order valence-electron chi connectivity index (χ3n) is 3.81. The zero-order chi connectivity index (χ0) is 16.5. The summed E-state index contributed by atoms with van der Waals surface area (Å²) in [5, 5.41) is 4.41. The fourth-order valence-electron chi connectivity index (χ4n) is 2.74. The minimum absolute atomic E-state index is 0.0293. The molecule has 3 heterocycles. The van der Waals surface area contributed by atoms with Crippen LogP contribution >= 0.6 is 11.8 Å².